The summed E-state index contributed by atoms with van der Waals surface area (Å²) < 4.78 is 0.411. The van der Waals surface area contributed by atoms with Crippen LogP contribution in [-0.2, 0) is 0 Å². The van der Waals surface area contributed by atoms with Gasteiger partial charge in [0, 0.05) is 6.54 Å². The zero-order valence-corrected chi connectivity index (χ0v) is 7.27. The minimum absolute atomic E-state index is 0.0880. The molecule has 0 aliphatic carbocycles. The van der Waals surface area contributed by atoms with Crippen LogP contribution in [0, 0.1) is 0 Å². The molecular weight excluding hydrogens is 128 g/mol. The molecule has 0 saturated heterocycles. The second kappa shape index (κ2) is 3.56. The van der Waals surface area contributed by atoms with Gasteiger partial charge in [-0.3, -0.25) is 0 Å². The van der Waals surface area contributed by atoms with Gasteiger partial charge in [-0.05, 0) is 13.8 Å². The van der Waals surface area contributed by atoms with Crippen LogP contribution in [0.5, 0.6) is 0 Å². The fourth-order valence-corrected chi connectivity index (χ4v) is 0.509. The average molecular weight is 145 g/mol. The number of hydrogen-bond acceptors (Lipinski definition) is 1. The monoisotopic (exact) mass is 145 g/mol. The van der Waals surface area contributed by atoms with Gasteiger partial charge in [0.15, 0.2) is 0 Å². The Morgan fingerprint density at radius 3 is 2.20 bits per heavy atom. The minimum atomic E-state index is 0.0880. The van der Waals surface area contributed by atoms with Gasteiger partial charge in [0.25, 0.3) is 0 Å². The predicted molar refractivity (Wildman–Crippen MR) is 41.7 cm³/mol. The smallest absolute Gasteiger partial charge is 0.306 e. The Morgan fingerprint density at radius 1 is 1.40 bits per heavy atom. The molecule has 3 heteroatoms. The van der Waals surface area contributed by atoms with Crippen LogP contribution in [0.3, 0.4) is 0 Å². The SMILES string of the molecule is CCNC(=O)[N+](C)(C)CC. The van der Waals surface area contributed by atoms with Crippen LogP contribution in [-0.4, -0.2) is 37.7 Å². The van der Waals surface area contributed by atoms with E-state index in [1.54, 1.807) is 0 Å². The minimum Gasteiger partial charge on any atom is -0.306 e. The zero-order chi connectivity index (χ0) is 8.20. The van der Waals surface area contributed by atoms with Crippen molar-refractivity contribution in [2.45, 2.75) is 13.8 Å². The molecule has 0 aromatic rings. The Bertz CT molecular complexity index is 121. The number of quaternary nitrogens is 1. The number of urea groups is 1. The molecule has 0 aromatic heterocycles. The van der Waals surface area contributed by atoms with Crippen LogP contribution in [0.1, 0.15) is 13.8 Å². The highest BCUT2D eigenvalue weighted by molar-refractivity contribution is 5.66. The maximum atomic E-state index is 11.2. The summed E-state index contributed by atoms with van der Waals surface area (Å²) in [5.41, 5.74) is 0. The maximum absolute atomic E-state index is 11.2. The number of carbonyl (C=O) groups excluding carboxylic acids is 1. The molecule has 0 radical (unpaired) electrons. The quantitative estimate of drug-likeness (QED) is 0.572. The lowest BCUT2D eigenvalue weighted by Crippen LogP contribution is -2.51. The van der Waals surface area contributed by atoms with Crippen molar-refractivity contribution in [3.8, 4) is 0 Å². The van der Waals surface area contributed by atoms with Crippen LogP contribution in [0.15, 0.2) is 0 Å². The first kappa shape index (κ1) is 9.43. The van der Waals surface area contributed by atoms with Crippen molar-refractivity contribution < 1.29 is 9.28 Å². The second-order valence-corrected chi connectivity index (χ2v) is 2.84. The van der Waals surface area contributed by atoms with Gasteiger partial charge in [-0.2, -0.15) is 0 Å². The Morgan fingerprint density at radius 2 is 1.90 bits per heavy atom. The van der Waals surface area contributed by atoms with E-state index in [0.29, 0.717) is 11.0 Å². The van der Waals surface area contributed by atoms with Crippen molar-refractivity contribution in [1.29, 1.82) is 0 Å². The molecule has 0 atom stereocenters. The molecule has 2 amide bonds. The number of nitrogens with zero attached hydrogens (tertiary/aromatic N) is 1. The van der Waals surface area contributed by atoms with Crippen molar-refractivity contribution >= 4 is 6.03 Å². The van der Waals surface area contributed by atoms with E-state index in [9.17, 15) is 4.79 Å². The third kappa shape index (κ3) is 2.35. The standard InChI is InChI=1S/C7H16N2O/c1-5-8-7(10)9(3,4)6-2/h5-6H2,1-4H3/p+1. The van der Waals surface area contributed by atoms with Gasteiger partial charge in [0.05, 0.1) is 20.6 Å². The number of amides is 2. The fraction of sp³-hybridized carbons (Fsp3) is 0.857. The van der Waals surface area contributed by atoms with Gasteiger partial charge in [0.2, 0.25) is 0 Å². The summed E-state index contributed by atoms with van der Waals surface area (Å²) in [7, 11) is 3.79. The number of carbonyl (C=O) groups is 1. The van der Waals surface area contributed by atoms with Gasteiger partial charge < -0.3 is 5.32 Å². The summed E-state index contributed by atoms with van der Waals surface area (Å²) in [4.78, 5) is 11.2. The first-order valence-corrected chi connectivity index (χ1v) is 3.66. The molecule has 60 valence electrons. The summed E-state index contributed by atoms with van der Waals surface area (Å²) in [6.45, 7) is 5.45. The van der Waals surface area contributed by atoms with Crippen LogP contribution in [0.4, 0.5) is 4.79 Å². The van der Waals surface area contributed by atoms with E-state index < -0.39 is 0 Å². The molecule has 3 nitrogen and oxygen atoms in total. The van der Waals surface area contributed by atoms with Crippen molar-refractivity contribution in [2.24, 2.45) is 0 Å². The molecule has 0 aliphatic rings. The molecule has 0 bridgehead atoms. The Labute approximate surface area is 62.6 Å². The van der Waals surface area contributed by atoms with E-state index in [-0.39, 0.29) is 6.03 Å². The molecule has 0 unspecified atom stereocenters. The number of hydrogen-bond donors (Lipinski definition) is 1. The summed E-state index contributed by atoms with van der Waals surface area (Å²) in [6, 6.07) is 0.0880. The van der Waals surface area contributed by atoms with E-state index >= 15 is 0 Å². The lowest BCUT2D eigenvalue weighted by Gasteiger charge is -2.24. The third-order valence-electron chi connectivity index (χ3n) is 1.67. The molecule has 0 rings (SSSR count). The van der Waals surface area contributed by atoms with Crippen molar-refractivity contribution in [3.63, 3.8) is 0 Å². The molecule has 0 heterocycles. The van der Waals surface area contributed by atoms with Gasteiger partial charge in [-0.25, -0.2) is 9.28 Å². The predicted octanol–water partition coefficient (Wildman–Crippen LogP) is 0.812. The summed E-state index contributed by atoms with van der Waals surface area (Å²) >= 11 is 0. The van der Waals surface area contributed by atoms with Crippen molar-refractivity contribution in [2.75, 3.05) is 27.2 Å². The normalized spacial score (nSPS) is 11.2. The van der Waals surface area contributed by atoms with Crippen LogP contribution >= 0.6 is 0 Å². The second-order valence-electron chi connectivity index (χ2n) is 2.84. The fourth-order valence-electron chi connectivity index (χ4n) is 0.509. The zero-order valence-electron chi connectivity index (χ0n) is 7.27. The molecule has 0 aliphatic heterocycles. The van der Waals surface area contributed by atoms with E-state index in [4.69, 9.17) is 0 Å². The summed E-state index contributed by atoms with van der Waals surface area (Å²) in [6.07, 6.45) is 0. The Balaban J connectivity index is 3.91. The molecule has 0 saturated carbocycles. The third-order valence-corrected chi connectivity index (χ3v) is 1.67. The molecular formula is C7H17N2O+. The highest BCUT2D eigenvalue weighted by Crippen LogP contribution is 1.95. The van der Waals surface area contributed by atoms with Crippen molar-refractivity contribution in [3.05, 3.63) is 0 Å². The highest BCUT2D eigenvalue weighted by atomic mass is 16.2. The van der Waals surface area contributed by atoms with E-state index in [2.05, 4.69) is 5.32 Å². The average Bonchev–Trinajstić information content (AvgIpc) is 1.89. The van der Waals surface area contributed by atoms with E-state index in [0.717, 1.165) is 6.54 Å². The van der Waals surface area contributed by atoms with Crippen LogP contribution < -0.4 is 5.32 Å². The molecule has 0 aromatic carbocycles. The van der Waals surface area contributed by atoms with E-state index in [1.165, 1.54) is 0 Å². The molecule has 10 heavy (non-hydrogen) atoms. The Kier molecular flexibility index (Phi) is 3.36. The first-order chi connectivity index (χ1) is 4.54. The van der Waals surface area contributed by atoms with Crippen LogP contribution in [0.25, 0.3) is 0 Å². The van der Waals surface area contributed by atoms with Gasteiger partial charge in [-0.15, -0.1) is 0 Å². The van der Waals surface area contributed by atoms with Gasteiger partial charge in [0.1, 0.15) is 0 Å². The molecule has 1 N–H and O–H groups in total. The largest absolute Gasteiger partial charge is 0.416 e. The number of nitrogens with one attached hydrogen (secondary N) is 1. The first-order valence-electron chi connectivity index (χ1n) is 3.66. The lowest BCUT2D eigenvalue weighted by molar-refractivity contribution is -0.807. The molecule has 0 spiro atoms. The van der Waals surface area contributed by atoms with Gasteiger partial charge in [-0.1, -0.05) is 0 Å². The highest BCUT2D eigenvalue weighted by Gasteiger charge is 2.22. The topological polar surface area (TPSA) is 29.1 Å². The molecule has 0 fully saturated rings. The lowest BCUT2D eigenvalue weighted by atomic mass is 10.5. The Hall–Kier alpha value is -0.570. The number of rotatable bonds is 2. The van der Waals surface area contributed by atoms with Gasteiger partial charge >= 0.3 is 6.03 Å². The van der Waals surface area contributed by atoms with Crippen LogP contribution in [0.2, 0.25) is 0 Å². The van der Waals surface area contributed by atoms with E-state index in [1.807, 2.05) is 27.9 Å². The summed E-state index contributed by atoms with van der Waals surface area (Å²) in [5.74, 6) is 0. The van der Waals surface area contributed by atoms with Crippen molar-refractivity contribution in [1.82, 2.24) is 5.32 Å². The maximum Gasteiger partial charge on any atom is 0.416 e. The summed E-state index contributed by atoms with van der Waals surface area (Å²) in [5, 5.41) is 2.77.